The number of hydrogen-bond donors (Lipinski definition) is 1. The minimum absolute atomic E-state index is 0.608. The molecule has 1 aromatic carbocycles. The molecule has 0 radical (unpaired) electrons. The number of nitrogens with one attached hydrogen (secondary N) is 1. The van der Waals surface area contributed by atoms with E-state index in [1.54, 1.807) is 11.8 Å². The summed E-state index contributed by atoms with van der Waals surface area (Å²) in [6.07, 6.45) is 0.870. The van der Waals surface area contributed by atoms with Gasteiger partial charge in [-0.15, -0.1) is 11.8 Å². The Morgan fingerprint density at radius 1 is 1.29 bits per heavy atom. The Labute approximate surface area is 129 Å². The lowest BCUT2D eigenvalue weighted by atomic mass is 10.1. The van der Waals surface area contributed by atoms with E-state index in [1.807, 2.05) is 7.05 Å². The fourth-order valence-electron chi connectivity index (χ4n) is 2.42. The van der Waals surface area contributed by atoms with Gasteiger partial charge in [0.15, 0.2) is 0 Å². The molecule has 21 heavy (non-hydrogen) atoms. The lowest BCUT2D eigenvalue weighted by molar-refractivity contribution is 0.109. The molecule has 0 bridgehead atoms. The number of thioether (sulfide) groups is 1. The number of hydrogen-bond acceptors (Lipinski definition) is 5. The van der Waals surface area contributed by atoms with Gasteiger partial charge in [-0.1, -0.05) is 18.2 Å². The van der Waals surface area contributed by atoms with E-state index >= 15 is 0 Å². The third-order valence-electron chi connectivity index (χ3n) is 3.56. The molecule has 1 aliphatic rings. The average Bonchev–Trinajstić information content (AvgIpc) is 2.53. The van der Waals surface area contributed by atoms with Crippen LogP contribution in [-0.4, -0.2) is 23.6 Å². The maximum Gasteiger partial charge on any atom is 0.141 e. The van der Waals surface area contributed by atoms with Crippen molar-refractivity contribution < 1.29 is 4.74 Å². The van der Waals surface area contributed by atoms with Crippen LogP contribution in [0.15, 0.2) is 29.2 Å². The van der Waals surface area contributed by atoms with Gasteiger partial charge < -0.3 is 10.1 Å². The Balaban J connectivity index is 1.81. The Kier molecular flexibility index (Phi) is 4.41. The van der Waals surface area contributed by atoms with Gasteiger partial charge in [0.1, 0.15) is 11.6 Å². The predicted octanol–water partition coefficient (Wildman–Crippen LogP) is 3.19. The number of nitrogens with zero attached hydrogens (tertiary/aromatic N) is 2. The van der Waals surface area contributed by atoms with Crippen LogP contribution in [0, 0.1) is 6.92 Å². The van der Waals surface area contributed by atoms with Crippen LogP contribution in [-0.2, 0) is 23.5 Å². The monoisotopic (exact) mass is 301 g/mol. The van der Waals surface area contributed by atoms with E-state index in [-0.39, 0.29) is 0 Å². The summed E-state index contributed by atoms with van der Waals surface area (Å²) in [6.45, 7) is 3.49. The van der Waals surface area contributed by atoms with Crippen LogP contribution in [0.4, 0.5) is 5.82 Å². The average molecular weight is 301 g/mol. The minimum Gasteiger partial charge on any atom is -0.376 e. The Bertz CT molecular complexity index is 628. The summed E-state index contributed by atoms with van der Waals surface area (Å²) in [5.74, 6) is 2.57. The summed E-state index contributed by atoms with van der Waals surface area (Å²) in [6, 6.07) is 8.41. The third kappa shape index (κ3) is 3.19. The molecule has 0 fully saturated rings. The molecule has 1 N–H and O–H groups in total. The zero-order chi connectivity index (χ0) is 14.7. The first-order valence-electron chi connectivity index (χ1n) is 7.10. The molecule has 0 aliphatic carbocycles. The first kappa shape index (κ1) is 14.4. The third-order valence-corrected chi connectivity index (χ3v) is 4.73. The van der Waals surface area contributed by atoms with Crippen LogP contribution in [0.5, 0.6) is 0 Å². The molecular formula is C16H19N3OS. The van der Waals surface area contributed by atoms with Crippen molar-refractivity contribution >= 4 is 17.6 Å². The number of ether oxygens (including phenoxy) is 1. The maximum atomic E-state index is 5.50. The normalized spacial score (nSPS) is 13.8. The first-order valence-corrected chi connectivity index (χ1v) is 8.09. The van der Waals surface area contributed by atoms with E-state index in [4.69, 9.17) is 9.72 Å². The molecule has 1 aromatic heterocycles. The highest BCUT2D eigenvalue weighted by atomic mass is 32.2. The van der Waals surface area contributed by atoms with Crippen molar-refractivity contribution in [2.45, 2.75) is 30.6 Å². The topological polar surface area (TPSA) is 47.0 Å². The van der Waals surface area contributed by atoms with E-state index in [9.17, 15) is 0 Å². The van der Waals surface area contributed by atoms with Crippen LogP contribution in [0.25, 0.3) is 0 Å². The first-order chi connectivity index (χ1) is 10.3. The van der Waals surface area contributed by atoms with Gasteiger partial charge in [-0.25, -0.2) is 9.97 Å². The number of anilines is 1. The van der Waals surface area contributed by atoms with Gasteiger partial charge in [-0.2, -0.15) is 0 Å². The van der Waals surface area contributed by atoms with Crippen LogP contribution >= 0.6 is 11.8 Å². The fraction of sp³-hybridized carbons (Fsp3) is 0.375. The van der Waals surface area contributed by atoms with Crippen molar-refractivity contribution in [2.24, 2.45) is 0 Å². The van der Waals surface area contributed by atoms with Gasteiger partial charge >= 0.3 is 0 Å². The van der Waals surface area contributed by atoms with Crippen LogP contribution in [0.1, 0.15) is 22.6 Å². The minimum atomic E-state index is 0.608. The molecule has 3 rings (SSSR count). The van der Waals surface area contributed by atoms with E-state index in [0.717, 1.165) is 41.7 Å². The summed E-state index contributed by atoms with van der Waals surface area (Å²) in [7, 11) is 1.90. The van der Waals surface area contributed by atoms with Crippen molar-refractivity contribution in [3.05, 3.63) is 46.9 Å². The van der Waals surface area contributed by atoms with Crippen molar-refractivity contribution in [1.29, 1.82) is 0 Å². The van der Waals surface area contributed by atoms with E-state index in [0.29, 0.717) is 6.61 Å². The molecular weight excluding hydrogens is 282 g/mol. The molecule has 2 aromatic rings. The largest absolute Gasteiger partial charge is 0.376 e. The van der Waals surface area contributed by atoms with Gasteiger partial charge in [-0.05, 0) is 18.6 Å². The molecule has 0 atom stereocenters. The molecule has 5 heteroatoms. The van der Waals surface area contributed by atoms with E-state index < -0.39 is 0 Å². The number of aryl methyl sites for hydroxylation is 1. The molecule has 4 nitrogen and oxygen atoms in total. The summed E-state index contributed by atoms with van der Waals surface area (Å²) >= 11 is 1.79. The van der Waals surface area contributed by atoms with Gasteiger partial charge in [0.25, 0.3) is 0 Å². The van der Waals surface area contributed by atoms with Crippen LogP contribution in [0.3, 0.4) is 0 Å². The maximum absolute atomic E-state index is 5.50. The summed E-state index contributed by atoms with van der Waals surface area (Å²) in [5.41, 5.74) is 3.53. The fourth-order valence-corrected chi connectivity index (χ4v) is 3.30. The second-order valence-corrected chi connectivity index (χ2v) is 6.04. The quantitative estimate of drug-likeness (QED) is 0.879. The van der Waals surface area contributed by atoms with Gasteiger partial charge in [0.2, 0.25) is 0 Å². The lowest BCUT2D eigenvalue weighted by Crippen LogP contribution is -2.16. The number of rotatable bonds is 4. The summed E-state index contributed by atoms with van der Waals surface area (Å²) < 4.78 is 5.50. The molecule has 0 saturated heterocycles. The molecule has 0 saturated carbocycles. The standard InChI is InChI=1S/C16H19N3OS/c1-11-5-3-4-6-14(11)21-10-15-18-13-7-8-20-9-12(13)16(17-2)19-15/h3-6H,7-10H2,1-2H3,(H,17,18,19). The molecule has 0 amide bonds. The van der Waals surface area contributed by atoms with Crippen molar-refractivity contribution in [3.8, 4) is 0 Å². The summed E-state index contributed by atoms with van der Waals surface area (Å²) in [5, 5.41) is 3.16. The molecule has 0 spiro atoms. The molecule has 110 valence electrons. The predicted molar refractivity (Wildman–Crippen MR) is 85.7 cm³/mol. The van der Waals surface area contributed by atoms with Crippen LogP contribution < -0.4 is 5.32 Å². The number of aromatic nitrogens is 2. The van der Waals surface area contributed by atoms with Crippen LogP contribution in [0.2, 0.25) is 0 Å². The SMILES string of the molecule is CNc1nc(CSc2ccccc2C)nc2c1COCC2. The number of benzene rings is 1. The second-order valence-electron chi connectivity index (χ2n) is 5.02. The summed E-state index contributed by atoms with van der Waals surface area (Å²) in [4.78, 5) is 10.6. The van der Waals surface area contributed by atoms with Gasteiger partial charge in [-0.3, -0.25) is 0 Å². The molecule has 0 unspecified atom stereocenters. The smallest absolute Gasteiger partial charge is 0.141 e. The zero-order valence-corrected chi connectivity index (χ0v) is 13.2. The number of fused-ring (bicyclic) bond motifs is 1. The highest BCUT2D eigenvalue weighted by Gasteiger charge is 2.17. The Morgan fingerprint density at radius 2 is 2.14 bits per heavy atom. The van der Waals surface area contributed by atoms with Gasteiger partial charge in [0, 0.05) is 23.9 Å². The second kappa shape index (κ2) is 6.45. The highest BCUT2D eigenvalue weighted by Crippen LogP contribution is 2.27. The molecule has 1 aliphatic heterocycles. The van der Waals surface area contributed by atoms with Crippen molar-refractivity contribution in [2.75, 3.05) is 19.0 Å². The van der Waals surface area contributed by atoms with Gasteiger partial charge in [0.05, 0.1) is 24.7 Å². The Morgan fingerprint density at radius 3 is 2.95 bits per heavy atom. The van der Waals surface area contributed by atoms with E-state index in [1.165, 1.54) is 10.5 Å². The highest BCUT2D eigenvalue weighted by molar-refractivity contribution is 7.98. The lowest BCUT2D eigenvalue weighted by Gasteiger charge is -2.19. The van der Waals surface area contributed by atoms with Crippen molar-refractivity contribution in [3.63, 3.8) is 0 Å². The Hall–Kier alpha value is -1.59. The zero-order valence-electron chi connectivity index (χ0n) is 12.3. The molecule has 2 heterocycles. The van der Waals surface area contributed by atoms with E-state index in [2.05, 4.69) is 41.5 Å². The van der Waals surface area contributed by atoms with Crippen molar-refractivity contribution in [1.82, 2.24) is 9.97 Å².